The van der Waals surface area contributed by atoms with Gasteiger partial charge in [0.15, 0.2) is 16.8 Å². The first kappa shape index (κ1) is 16.0. The molecule has 116 valence electrons. The van der Waals surface area contributed by atoms with Crippen molar-refractivity contribution in [3.63, 3.8) is 0 Å². The van der Waals surface area contributed by atoms with Crippen molar-refractivity contribution < 1.29 is 23.1 Å². The van der Waals surface area contributed by atoms with Gasteiger partial charge in [-0.2, -0.15) is 0 Å². The average Bonchev–Trinajstić information content (AvgIpc) is 2.96. The minimum Gasteiger partial charge on any atom is -0.465 e. The van der Waals surface area contributed by atoms with Crippen LogP contribution >= 0.6 is 11.3 Å². The summed E-state index contributed by atoms with van der Waals surface area (Å²) in [5, 5.41) is 2.73. The van der Waals surface area contributed by atoms with Gasteiger partial charge in [0.1, 0.15) is 4.88 Å². The van der Waals surface area contributed by atoms with Crippen LogP contribution in [0, 0.1) is 11.6 Å². The van der Waals surface area contributed by atoms with Crippen LogP contribution in [0.5, 0.6) is 0 Å². The highest BCUT2D eigenvalue weighted by molar-refractivity contribution is 7.17. The number of rotatable bonds is 5. The lowest BCUT2D eigenvalue weighted by Gasteiger charge is -2.04. The monoisotopic (exact) mass is 326 g/mol. The molecule has 5 nitrogen and oxygen atoms in total. The van der Waals surface area contributed by atoms with Crippen molar-refractivity contribution in [1.82, 2.24) is 4.98 Å². The van der Waals surface area contributed by atoms with E-state index in [1.807, 2.05) is 0 Å². The molecule has 0 aliphatic carbocycles. The topological polar surface area (TPSA) is 68.3 Å². The molecule has 1 amide bonds. The van der Waals surface area contributed by atoms with E-state index in [1.165, 1.54) is 25.4 Å². The van der Waals surface area contributed by atoms with Crippen LogP contribution in [0.25, 0.3) is 0 Å². The minimum atomic E-state index is -0.947. The van der Waals surface area contributed by atoms with E-state index in [-0.39, 0.29) is 28.4 Å². The lowest BCUT2D eigenvalue weighted by Crippen LogP contribution is -2.12. The fraction of sp³-hybridized carbons (Fsp3) is 0.214. The molecule has 22 heavy (non-hydrogen) atoms. The zero-order valence-corrected chi connectivity index (χ0v) is 12.4. The van der Waals surface area contributed by atoms with E-state index in [9.17, 15) is 18.4 Å². The summed E-state index contributed by atoms with van der Waals surface area (Å²) in [6.45, 7) is 0. The van der Waals surface area contributed by atoms with E-state index in [0.717, 1.165) is 17.4 Å². The zero-order chi connectivity index (χ0) is 16.1. The molecule has 0 atom stereocenters. The average molecular weight is 326 g/mol. The van der Waals surface area contributed by atoms with Crippen LogP contribution in [-0.4, -0.2) is 24.0 Å². The summed E-state index contributed by atoms with van der Waals surface area (Å²) in [5.74, 6) is -2.84. The maximum absolute atomic E-state index is 13.4. The highest BCUT2D eigenvalue weighted by Gasteiger charge is 2.13. The first-order chi connectivity index (χ1) is 10.5. The van der Waals surface area contributed by atoms with E-state index < -0.39 is 23.5 Å². The Hall–Kier alpha value is -2.35. The standard InChI is InChI=1S/C14H12F2N2O3S/c1-21-13(20)10-7-17-14(22-10)18-11(19)6-5-8-3-2-4-9(15)12(8)16/h2-4,7H,5-6H2,1H3,(H,17,18,19). The van der Waals surface area contributed by atoms with Gasteiger partial charge in [0.25, 0.3) is 0 Å². The molecule has 1 N–H and O–H groups in total. The van der Waals surface area contributed by atoms with E-state index in [1.54, 1.807) is 0 Å². The van der Waals surface area contributed by atoms with Crippen molar-refractivity contribution in [2.45, 2.75) is 12.8 Å². The van der Waals surface area contributed by atoms with Crippen molar-refractivity contribution in [2.24, 2.45) is 0 Å². The SMILES string of the molecule is COC(=O)c1cnc(NC(=O)CCc2cccc(F)c2F)s1. The second kappa shape index (κ2) is 7.08. The van der Waals surface area contributed by atoms with Gasteiger partial charge in [0, 0.05) is 6.42 Å². The highest BCUT2D eigenvalue weighted by atomic mass is 32.1. The number of benzene rings is 1. The second-order valence-electron chi connectivity index (χ2n) is 4.28. The maximum Gasteiger partial charge on any atom is 0.349 e. The number of hydrogen-bond acceptors (Lipinski definition) is 5. The Morgan fingerprint density at radius 3 is 2.86 bits per heavy atom. The van der Waals surface area contributed by atoms with E-state index in [2.05, 4.69) is 15.0 Å². The van der Waals surface area contributed by atoms with Crippen molar-refractivity contribution in [2.75, 3.05) is 12.4 Å². The number of aryl methyl sites for hydroxylation is 1. The number of methoxy groups -OCH3 is 1. The molecule has 0 fully saturated rings. The maximum atomic E-state index is 13.4. The summed E-state index contributed by atoms with van der Waals surface area (Å²) < 4.78 is 31.0. The number of nitrogens with zero attached hydrogens (tertiary/aromatic N) is 1. The van der Waals surface area contributed by atoms with E-state index in [0.29, 0.717) is 0 Å². The third kappa shape index (κ3) is 3.85. The summed E-state index contributed by atoms with van der Waals surface area (Å²) in [4.78, 5) is 27.1. The Morgan fingerprint density at radius 2 is 2.14 bits per heavy atom. The minimum absolute atomic E-state index is 0.0342. The Balaban J connectivity index is 1.92. The molecule has 0 unspecified atom stereocenters. The molecule has 0 saturated carbocycles. The molecule has 1 aromatic heterocycles. The van der Waals surface area contributed by atoms with Gasteiger partial charge in [-0.3, -0.25) is 4.79 Å². The highest BCUT2D eigenvalue weighted by Crippen LogP contribution is 2.19. The van der Waals surface area contributed by atoms with Crippen LogP contribution in [-0.2, 0) is 16.0 Å². The number of aromatic nitrogens is 1. The molecule has 0 aliphatic heterocycles. The molecule has 2 rings (SSSR count). The molecule has 8 heteroatoms. The van der Waals surface area contributed by atoms with Gasteiger partial charge in [0.2, 0.25) is 5.91 Å². The molecule has 0 bridgehead atoms. The smallest absolute Gasteiger partial charge is 0.349 e. The number of nitrogens with one attached hydrogen (secondary N) is 1. The second-order valence-corrected chi connectivity index (χ2v) is 5.31. The molecule has 0 saturated heterocycles. The van der Waals surface area contributed by atoms with Crippen LogP contribution in [0.1, 0.15) is 21.7 Å². The number of hydrogen-bond donors (Lipinski definition) is 1. The van der Waals surface area contributed by atoms with Gasteiger partial charge < -0.3 is 10.1 Å². The lowest BCUT2D eigenvalue weighted by molar-refractivity contribution is -0.116. The van der Waals surface area contributed by atoms with Gasteiger partial charge >= 0.3 is 5.97 Å². The van der Waals surface area contributed by atoms with Gasteiger partial charge in [-0.25, -0.2) is 18.6 Å². The Kier molecular flexibility index (Phi) is 5.16. The molecule has 0 radical (unpaired) electrons. The van der Waals surface area contributed by atoms with Crippen LogP contribution in [0.4, 0.5) is 13.9 Å². The molecule has 0 spiro atoms. The zero-order valence-electron chi connectivity index (χ0n) is 11.6. The summed E-state index contributed by atoms with van der Waals surface area (Å²) in [6.07, 6.45) is 1.32. The fourth-order valence-electron chi connectivity index (χ4n) is 1.70. The Morgan fingerprint density at radius 1 is 1.36 bits per heavy atom. The van der Waals surface area contributed by atoms with Crippen molar-refractivity contribution in [3.8, 4) is 0 Å². The number of thiazole rings is 1. The Bertz CT molecular complexity index is 703. The summed E-state index contributed by atoms with van der Waals surface area (Å²) in [7, 11) is 1.24. The quantitative estimate of drug-likeness (QED) is 0.858. The summed E-state index contributed by atoms with van der Waals surface area (Å²) in [5.41, 5.74) is 0.129. The normalized spacial score (nSPS) is 10.3. The van der Waals surface area contributed by atoms with Gasteiger partial charge in [-0.15, -0.1) is 0 Å². The molecule has 1 aromatic carbocycles. The number of ether oxygens (including phenoxy) is 1. The first-order valence-electron chi connectivity index (χ1n) is 6.28. The molecular weight excluding hydrogens is 314 g/mol. The molecule has 1 heterocycles. The molecule has 0 aliphatic rings. The first-order valence-corrected chi connectivity index (χ1v) is 7.09. The number of amides is 1. The van der Waals surface area contributed by atoms with Crippen LogP contribution in [0.3, 0.4) is 0 Å². The van der Waals surface area contributed by atoms with Crippen LogP contribution in [0.15, 0.2) is 24.4 Å². The predicted octanol–water partition coefficient (Wildman–Crippen LogP) is 2.78. The van der Waals surface area contributed by atoms with E-state index in [4.69, 9.17) is 0 Å². The number of esters is 1. The van der Waals surface area contributed by atoms with Crippen molar-refractivity contribution >= 4 is 28.3 Å². The third-order valence-electron chi connectivity index (χ3n) is 2.79. The van der Waals surface area contributed by atoms with Gasteiger partial charge in [-0.1, -0.05) is 23.5 Å². The number of carbonyl (C=O) groups is 2. The number of halogens is 2. The van der Waals surface area contributed by atoms with Gasteiger partial charge in [-0.05, 0) is 18.1 Å². The predicted molar refractivity (Wildman–Crippen MR) is 76.8 cm³/mol. The fourth-order valence-corrected chi connectivity index (χ4v) is 2.45. The summed E-state index contributed by atoms with van der Waals surface area (Å²) >= 11 is 0.969. The van der Waals surface area contributed by atoms with E-state index >= 15 is 0 Å². The Labute approximate surface area is 128 Å². The van der Waals surface area contributed by atoms with Crippen LogP contribution < -0.4 is 5.32 Å². The summed E-state index contributed by atoms with van der Waals surface area (Å²) in [6, 6.07) is 3.82. The largest absolute Gasteiger partial charge is 0.465 e. The van der Waals surface area contributed by atoms with Crippen molar-refractivity contribution in [3.05, 3.63) is 46.5 Å². The number of carbonyl (C=O) groups excluding carboxylic acids is 2. The van der Waals surface area contributed by atoms with Crippen molar-refractivity contribution in [1.29, 1.82) is 0 Å². The lowest BCUT2D eigenvalue weighted by atomic mass is 10.1. The van der Waals surface area contributed by atoms with Crippen LogP contribution in [0.2, 0.25) is 0 Å². The third-order valence-corrected chi connectivity index (χ3v) is 3.68. The number of anilines is 1. The molecular formula is C14H12F2N2O3S. The molecule has 2 aromatic rings. The van der Waals surface area contributed by atoms with Gasteiger partial charge in [0.05, 0.1) is 13.3 Å².